The largest absolute Gasteiger partial charge is 0.396 e. The van der Waals surface area contributed by atoms with Crippen LogP contribution in [0.4, 0.5) is 10.1 Å². The van der Waals surface area contributed by atoms with Crippen molar-refractivity contribution in [3.05, 3.63) is 22.4 Å². The van der Waals surface area contributed by atoms with E-state index < -0.39 is 15.8 Å². The molecule has 19 heavy (non-hydrogen) atoms. The van der Waals surface area contributed by atoms with E-state index in [1.54, 1.807) is 0 Å². The minimum absolute atomic E-state index is 0.0279. The lowest BCUT2D eigenvalue weighted by Gasteiger charge is -2.32. The lowest BCUT2D eigenvalue weighted by molar-refractivity contribution is 0.268. The minimum Gasteiger partial charge on any atom is -0.396 e. The molecule has 1 aromatic rings. The standard InChI is InChI=1S/C12H16BrFN2O2S/c1-8-4-2-3-5-16(8)19(17,18)12-7-11(15)10(14)6-9(12)13/h6-8H,2-5,15H2,1H3. The van der Waals surface area contributed by atoms with Gasteiger partial charge in [-0.25, -0.2) is 12.8 Å². The Kier molecular flexibility index (Phi) is 4.17. The molecule has 1 aromatic carbocycles. The van der Waals surface area contributed by atoms with Gasteiger partial charge in [0.25, 0.3) is 0 Å². The fraction of sp³-hybridized carbons (Fsp3) is 0.500. The molecule has 0 amide bonds. The first-order valence-corrected chi connectivity index (χ1v) is 8.33. The van der Waals surface area contributed by atoms with E-state index in [4.69, 9.17) is 5.73 Å². The number of benzene rings is 1. The van der Waals surface area contributed by atoms with Gasteiger partial charge in [0.1, 0.15) is 5.82 Å². The molecule has 1 atom stereocenters. The Labute approximate surface area is 121 Å². The molecule has 7 heteroatoms. The predicted octanol–water partition coefficient (Wildman–Crippen LogP) is 2.73. The van der Waals surface area contributed by atoms with E-state index in [0.717, 1.165) is 25.3 Å². The lowest BCUT2D eigenvalue weighted by atomic mass is 10.1. The second-order valence-electron chi connectivity index (χ2n) is 4.76. The van der Waals surface area contributed by atoms with Crippen molar-refractivity contribution in [3.8, 4) is 0 Å². The molecule has 1 saturated heterocycles. The Bertz CT molecular complexity index is 592. The van der Waals surface area contributed by atoms with Crippen molar-refractivity contribution in [2.24, 2.45) is 0 Å². The fourth-order valence-corrected chi connectivity index (χ4v) is 5.01. The van der Waals surface area contributed by atoms with Gasteiger partial charge in [-0.1, -0.05) is 6.42 Å². The van der Waals surface area contributed by atoms with Crippen LogP contribution in [0.5, 0.6) is 0 Å². The van der Waals surface area contributed by atoms with Gasteiger partial charge < -0.3 is 5.73 Å². The molecule has 106 valence electrons. The van der Waals surface area contributed by atoms with Gasteiger partial charge in [-0.05, 0) is 47.8 Å². The molecular weight excluding hydrogens is 335 g/mol. The van der Waals surface area contributed by atoms with E-state index in [0.29, 0.717) is 6.54 Å². The number of halogens is 2. The lowest BCUT2D eigenvalue weighted by Crippen LogP contribution is -2.42. The van der Waals surface area contributed by atoms with Crippen LogP contribution in [0.2, 0.25) is 0 Å². The summed E-state index contributed by atoms with van der Waals surface area (Å²) in [6, 6.07) is 2.23. The highest BCUT2D eigenvalue weighted by atomic mass is 79.9. The van der Waals surface area contributed by atoms with Crippen LogP contribution in [-0.4, -0.2) is 25.3 Å². The van der Waals surface area contributed by atoms with Crippen LogP contribution >= 0.6 is 15.9 Å². The highest BCUT2D eigenvalue weighted by Gasteiger charge is 2.32. The first kappa shape index (κ1) is 14.7. The third-order valence-corrected chi connectivity index (χ3v) is 6.35. The molecular formula is C12H16BrFN2O2S. The van der Waals surface area contributed by atoms with E-state index in [1.807, 2.05) is 6.92 Å². The van der Waals surface area contributed by atoms with Crippen molar-refractivity contribution >= 4 is 31.6 Å². The topological polar surface area (TPSA) is 63.4 Å². The Morgan fingerprint density at radius 1 is 1.42 bits per heavy atom. The third-order valence-electron chi connectivity index (χ3n) is 3.38. The maximum absolute atomic E-state index is 13.3. The summed E-state index contributed by atoms with van der Waals surface area (Å²) in [7, 11) is -3.64. The minimum atomic E-state index is -3.64. The fourth-order valence-electron chi connectivity index (χ4n) is 2.30. The number of hydrogen-bond donors (Lipinski definition) is 1. The molecule has 2 rings (SSSR count). The third kappa shape index (κ3) is 2.78. The second-order valence-corrected chi connectivity index (χ2v) is 7.48. The van der Waals surface area contributed by atoms with Gasteiger partial charge in [0.2, 0.25) is 10.0 Å². The van der Waals surface area contributed by atoms with Crippen LogP contribution in [0.3, 0.4) is 0 Å². The van der Waals surface area contributed by atoms with Crippen LogP contribution in [0.1, 0.15) is 26.2 Å². The highest BCUT2D eigenvalue weighted by Crippen LogP contribution is 2.32. The van der Waals surface area contributed by atoms with Crippen molar-refractivity contribution in [2.45, 2.75) is 37.1 Å². The van der Waals surface area contributed by atoms with Crippen molar-refractivity contribution < 1.29 is 12.8 Å². The summed E-state index contributed by atoms with van der Waals surface area (Å²) in [5.74, 6) is -0.627. The molecule has 1 unspecified atom stereocenters. The van der Waals surface area contributed by atoms with Crippen LogP contribution in [0.15, 0.2) is 21.5 Å². The summed E-state index contributed by atoms with van der Waals surface area (Å²) >= 11 is 3.10. The van der Waals surface area contributed by atoms with E-state index in [-0.39, 0.29) is 21.1 Å². The number of nitrogen functional groups attached to an aromatic ring is 1. The highest BCUT2D eigenvalue weighted by molar-refractivity contribution is 9.10. The Balaban J connectivity index is 2.47. The molecule has 1 aliphatic heterocycles. The number of rotatable bonds is 2. The second kappa shape index (κ2) is 5.38. The smallest absolute Gasteiger partial charge is 0.244 e. The van der Waals surface area contributed by atoms with E-state index in [1.165, 1.54) is 10.4 Å². The zero-order valence-electron chi connectivity index (χ0n) is 10.6. The molecule has 1 fully saturated rings. The van der Waals surface area contributed by atoms with Crippen molar-refractivity contribution in [1.82, 2.24) is 4.31 Å². The predicted molar refractivity (Wildman–Crippen MR) is 75.7 cm³/mol. The van der Waals surface area contributed by atoms with Gasteiger partial charge in [-0.15, -0.1) is 0 Å². The average molecular weight is 351 g/mol. The summed E-state index contributed by atoms with van der Waals surface area (Å²) in [6.07, 6.45) is 2.71. The number of anilines is 1. The molecule has 2 N–H and O–H groups in total. The van der Waals surface area contributed by atoms with E-state index in [9.17, 15) is 12.8 Å². The molecule has 0 spiro atoms. The molecule has 4 nitrogen and oxygen atoms in total. The number of nitrogens with two attached hydrogens (primary N) is 1. The molecule has 1 heterocycles. The van der Waals surface area contributed by atoms with Gasteiger partial charge in [-0.2, -0.15) is 4.31 Å². The molecule has 0 aliphatic carbocycles. The van der Waals surface area contributed by atoms with Gasteiger partial charge in [-0.3, -0.25) is 0 Å². The average Bonchev–Trinajstić information content (AvgIpc) is 2.34. The number of sulfonamides is 1. The molecule has 0 aromatic heterocycles. The zero-order valence-corrected chi connectivity index (χ0v) is 13.0. The van der Waals surface area contributed by atoms with Gasteiger partial charge in [0.15, 0.2) is 0 Å². The quantitative estimate of drug-likeness (QED) is 0.834. The van der Waals surface area contributed by atoms with Crippen LogP contribution in [-0.2, 0) is 10.0 Å². The summed E-state index contributed by atoms with van der Waals surface area (Å²) in [4.78, 5) is 0.0279. The number of piperidine rings is 1. The first-order valence-electron chi connectivity index (χ1n) is 6.10. The summed E-state index contributed by atoms with van der Waals surface area (Å²) in [5.41, 5.74) is 5.31. The SMILES string of the molecule is CC1CCCCN1S(=O)(=O)c1cc(N)c(F)cc1Br. The van der Waals surface area contributed by atoms with E-state index in [2.05, 4.69) is 15.9 Å². The summed E-state index contributed by atoms with van der Waals surface area (Å²) in [6.45, 7) is 2.38. The zero-order chi connectivity index (χ0) is 14.2. The molecule has 0 bridgehead atoms. The van der Waals surface area contributed by atoms with Gasteiger partial charge in [0.05, 0.1) is 10.6 Å². The van der Waals surface area contributed by atoms with Crippen LogP contribution in [0, 0.1) is 5.82 Å². The van der Waals surface area contributed by atoms with Crippen molar-refractivity contribution in [2.75, 3.05) is 12.3 Å². The summed E-state index contributed by atoms with van der Waals surface area (Å²) < 4.78 is 40.2. The van der Waals surface area contributed by atoms with E-state index >= 15 is 0 Å². The molecule has 0 radical (unpaired) electrons. The Morgan fingerprint density at radius 3 is 2.74 bits per heavy atom. The number of nitrogens with zero attached hydrogens (tertiary/aromatic N) is 1. The first-order chi connectivity index (χ1) is 8.84. The van der Waals surface area contributed by atoms with Crippen molar-refractivity contribution in [1.29, 1.82) is 0 Å². The van der Waals surface area contributed by atoms with Crippen LogP contribution in [0.25, 0.3) is 0 Å². The maximum atomic E-state index is 13.3. The maximum Gasteiger partial charge on any atom is 0.244 e. The molecule has 1 aliphatic rings. The Morgan fingerprint density at radius 2 is 2.11 bits per heavy atom. The van der Waals surface area contributed by atoms with Crippen molar-refractivity contribution in [3.63, 3.8) is 0 Å². The van der Waals surface area contributed by atoms with Gasteiger partial charge >= 0.3 is 0 Å². The summed E-state index contributed by atoms with van der Waals surface area (Å²) in [5, 5.41) is 0. The monoisotopic (exact) mass is 350 g/mol. The molecule has 0 saturated carbocycles. The van der Waals surface area contributed by atoms with Crippen LogP contribution < -0.4 is 5.73 Å². The number of hydrogen-bond acceptors (Lipinski definition) is 3. The van der Waals surface area contributed by atoms with Gasteiger partial charge in [0, 0.05) is 17.1 Å². The Hall–Kier alpha value is -0.660. The normalized spacial score (nSPS) is 21.5.